The van der Waals surface area contributed by atoms with Gasteiger partial charge in [0.25, 0.3) is 0 Å². The quantitative estimate of drug-likeness (QED) is 0.451. The summed E-state index contributed by atoms with van der Waals surface area (Å²) in [6, 6.07) is -0.144. The van der Waals surface area contributed by atoms with Gasteiger partial charge < -0.3 is 9.32 Å². The van der Waals surface area contributed by atoms with E-state index in [1.807, 2.05) is 6.92 Å². The molecule has 0 spiro atoms. The average Bonchev–Trinajstić information content (AvgIpc) is 3.20. The minimum Gasteiger partial charge on any atom is -0.447 e. The molecule has 1 aromatic rings. The average molecular weight is 309 g/mol. The van der Waals surface area contributed by atoms with Gasteiger partial charge in [0.2, 0.25) is 18.2 Å². The van der Waals surface area contributed by atoms with Gasteiger partial charge in [-0.3, -0.25) is 14.8 Å². The van der Waals surface area contributed by atoms with Crippen molar-refractivity contribution < 1.29 is 19.2 Å². The molecule has 1 unspecified atom stereocenters. The maximum Gasteiger partial charge on any atom is 0.233 e. The number of nitrogens with zero attached hydrogens (tertiary/aromatic N) is 3. The highest BCUT2D eigenvalue weighted by molar-refractivity contribution is 5.80. The highest BCUT2D eigenvalue weighted by atomic mass is 16.5. The van der Waals surface area contributed by atoms with Crippen LogP contribution in [0.3, 0.4) is 0 Å². The topological polar surface area (TPSA) is 86.9 Å². The van der Waals surface area contributed by atoms with E-state index >= 15 is 0 Å². The summed E-state index contributed by atoms with van der Waals surface area (Å²) in [7, 11) is 0. The fraction of sp³-hybridized carbons (Fsp3) is 0.667. The van der Waals surface area contributed by atoms with Crippen molar-refractivity contribution in [2.45, 2.75) is 45.1 Å². The van der Waals surface area contributed by atoms with Crippen LogP contribution >= 0.6 is 0 Å². The van der Waals surface area contributed by atoms with Crippen LogP contribution in [0.15, 0.2) is 16.9 Å². The summed E-state index contributed by atoms with van der Waals surface area (Å²) in [5, 5.41) is 9.98. The highest BCUT2D eigenvalue weighted by Crippen LogP contribution is 2.32. The number of aromatic nitrogens is 1. The van der Waals surface area contributed by atoms with Gasteiger partial charge in [-0.25, -0.2) is 10.0 Å². The maximum absolute atomic E-state index is 12.8. The van der Waals surface area contributed by atoms with Crippen LogP contribution in [0.1, 0.15) is 51.0 Å². The van der Waals surface area contributed by atoms with Gasteiger partial charge in [0.1, 0.15) is 12.3 Å². The standard InChI is InChI=1S/C15H23N3O4/c1-2-3-5-12(10-17(21)11-19)15(20)18-8-4-6-13(18)14-16-7-9-22-14/h7,9,11-13,21H,2-6,8,10H2,1H3/t12?,13-/m1/s1. The molecule has 2 heterocycles. The molecule has 1 saturated heterocycles. The third-order valence-corrected chi connectivity index (χ3v) is 4.06. The van der Waals surface area contributed by atoms with Gasteiger partial charge in [-0.2, -0.15) is 0 Å². The molecule has 0 saturated carbocycles. The number of hydrogen-bond acceptors (Lipinski definition) is 5. The molecule has 7 heteroatoms. The van der Waals surface area contributed by atoms with Crippen LogP contribution in [0.4, 0.5) is 0 Å². The predicted octanol–water partition coefficient (Wildman–Crippen LogP) is 1.99. The molecule has 0 radical (unpaired) electrons. The van der Waals surface area contributed by atoms with Crippen LogP contribution in [-0.4, -0.2) is 45.6 Å². The fourth-order valence-electron chi connectivity index (χ4n) is 2.93. The molecule has 1 aromatic heterocycles. The Kier molecular flexibility index (Phi) is 5.94. The predicted molar refractivity (Wildman–Crippen MR) is 77.8 cm³/mol. The van der Waals surface area contributed by atoms with E-state index in [9.17, 15) is 14.8 Å². The lowest BCUT2D eigenvalue weighted by Gasteiger charge is -2.28. The number of likely N-dealkylation sites (tertiary alicyclic amines) is 1. The molecule has 2 rings (SSSR count). The monoisotopic (exact) mass is 309 g/mol. The number of hydroxylamine groups is 2. The van der Waals surface area contributed by atoms with E-state index in [0.29, 0.717) is 30.3 Å². The summed E-state index contributed by atoms with van der Waals surface area (Å²) >= 11 is 0. The SMILES string of the molecule is CCCCC(CN(O)C=O)C(=O)N1CCC[C@@H]1c1ncco1. The Morgan fingerprint density at radius 1 is 1.68 bits per heavy atom. The molecule has 1 aliphatic heterocycles. The summed E-state index contributed by atoms with van der Waals surface area (Å²) in [6.07, 6.45) is 7.62. The molecule has 0 aliphatic carbocycles. The number of oxazole rings is 1. The molecule has 0 bridgehead atoms. The number of carbonyl (C=O) groups excluding carboxylic acids is 2. The van der Waals surface area contributed by atoms with Crippen molar-refractivity contribution in [2.75, 3.05) is 13.1 Å². The molecule has 2 atom stereocenters. The van der Waals surface area contributed by atoms with Gasteiger partial charge in [0, 0.05) is 6.54 Å². The van der Waals surface area contributed by atoms with Crippen molar-refractivity contribution in [3.05, 3.63) is 18.4 Å². The number of unbranched alkanes of at least 4 members (excludes halogenated alkanes) is 1. The van der Waals surface area contributed by atoms with Crippen LogP contribution in [0.2, 0.25) is 0 Å². The van der Waals surface area contributed by atoms with Crippen molar-refractivity contribution >= 4 is 12.3 Å². The summed E-state index contributed by atoms with van der Waals surface area (Å²) in [5.41, 5.74) is 0. The first-order valence-electron chi connectivity index (χ1n) is 7.78. The zero-order valence-corrected chi connectivity index (χ0v) is 12.9. The van der Waals surface area contributed by atoms with Crippen molar-refractivity contribution in [3.8, 4) is 0 Å². The Hall–Kier alpha value is -1.89. The van der Waals surface area contributed by atoms with E-state index in [1.165, 1.54) is 6.26 Å². The fourth-order valence-corrected chi connectivity index (χ4v) is 2.93. The second-order valence-corrected chi connectivity index (χ2v) is 5.63. The van der Waals surface area contributed by atoms with E-state index < -0.39 is 5.92 Å². The van der Waals surface area contributed by atoms with Gasteiger partial charge in [0.05, 0.1) is 18.7 Å². The minimum absolute atomic E-state index is 0.0249. The molecule has 1 aliphatic rings. The minimum atomic E-state index is -0.397. The van der Waals surface area contributed by atoms with Gasteiger partial charge in [0.15, 0.2) is 0 Å². The van der Waals surface area contributed by atoms with E-state index in [4.69, 9.17) is 4.42 Å². The first-order valence-corrected chi connectivity index (χ1v) is 7.78. The maximum atomic E-state index is 12.8. The van der Waals surface area contributed by atoms with Gasteiger partial charge >= 0.3 is 0 Å². The summed E-state index contributed by atoms with van der Waals surface area (Å²) < 4.78 is 5.34. The number of carbonyl (C=O) groups is 2. The molecule has 0 aromatic carbocycles. The number of rotatable bonds is 8. The lowest BCUT2D eigenvalue weighted by molar-refractivity contribution is -0.157. The van der Waals surface area contributed by atoms with Crippen LogP contribution in [0.25, 0.3) is 0 Å². The Morgan fingerprint density at radius 3 is 3.14 bits per heavy atom. The second-order valence-electron chi connectivity index (χ2n) is 5.63. The Labute approximate surface area is 129 Å². The molecular weight excluding hydrogens is 286 g/mol. The molecule has 7 nitrogen and oxygen atoms in total. The Balaban J connectivity index is 2.08. The number of hydrogen-bond donors (Lipinski definition) is 1. The normalized spacial score (nSPS) is 19.2. The van der Waals surface area contributed by atoms with E-state index in [2.05, 4.69) is 4.98 Å². The third kappa shape index (κ3) is 3.85. The first kappa shape index (κ1) is 16.5. The summed E-state index contributed by atoms with van der Waals surface area (Å²) in [5.74, 6) is 0.108. The molecule has 122 valence electrons. The van der Waals surface area contributed by atoms with Crippen molar-refractivity contribution in [1.82, 2.24) is 14.9 Å². The third-order valence-electron chi connectivity index (χ3n) is 4.06. The molecule has 1 fully saturated rings. The summed E-state index contributed by atoms with van der Waals surface area (Å²) in [6.45, 7) is 2.72. The molecular formula is C15H23N3O4. The van der Waals surface area contributed by atoms with Crippen molar-refractivity contribution in [2.24, 2.45) is 5.92 Å². The van der Waals surface area contributed by atoms with E-state index in [0.717, 1.165) is 25.7 Å². The van der Waals surface area contributed by atoms with E-state index in [-0.39, 0.29) is 18.5 Å². The molecule has 2 amide bonds. The van der Waals surface area contributed by atoms with Gasteiger partial charge in [-0.05, 0) is 19.3 Å². The van der Waals surface area contributed by atoms with Crippen LogP contribution in [-0.2, 0) is 9.59 Å². The Bertz CT molecular complexity index is 477. The number of amides is 2. The van der Waals surface area contributed by atoms with Crippen LogP contribution in [0, 0.1) is 5.92 Å². The summed E-state index contributed by atoms with van der Waals surface area (Å²) in [4.78, 5) is 29.4. The zero-order chi connectivity index (χ0) is 15.9. The first-order chi connectivity index (χ1) is 10.7. The highest BCUT2D eigenvalue weighted by Gasteiger charge is 2.36. The Morgan fingerprint density at radius 2 is 2.50 bits per heavy atom. The van der Waals surface area contributed by atoms with Gasteiger partial charge in [-0.1, -0.05) is 19.8 Å². The second kappa shape index (κ2) is 7.93. The smallest absolute Gasteiger partial charge is 0.233 e. The molecule has 1 N–H and O–H groups in total. The van der Waals surface area contributed by atoms with Crippen molar-refractivity contribution in [3.63, 3.8) is 0 Å². The molecule has 22 heavy (non-hydrogen) atoms. The van der Waals surface area contributed by atoms with E-state index in [1.54, 1.807) is 11.1 Å². The van der Waals surface area contributed by atoms with Crippen molar-refractivity contribution in [1.29, 1.82) is 0 Å². The van der Waals surface area contributed by atoms with Crippen LogP contribution in [0.5, 0.6) is 0 Å². The lowest BCUT2D eigenvalue weighted by atomic mass is 9.99. The van der Waals surface area contributed by atoms with Gasteiger partial charge in [-0.15, -0.1) is 0 Å². The zero-order valence-electron chi connectivity index (χ0n) is 12.9. The largest absolute Gasteiger partial charge is 0.447 e. The van der Waals surface area contributed by atoms with Crippen LogP contribution < -0.4 is 0 Å². The lowest BCUT2D eigenvalue weighted by Crippen LogP contribution is -2.40.